The fraction of sp³-hybridized carbons (Fsp3) is 0. The third-order valence-corrected chi connectivity index (χ3v) is 2.06. The molecule has 0 aliphatic carbocycles. The largest absolute Gasteiger partial charge is 0.448 e. The number of nitrogen functional groups attached to an aromatic ring is 1. The molecule has 0 aliphatic rings. The number of aromatic nitrogens is 1. The third-order valence-electron chi connectivity index (χ3n) is 1.64. The van der Waals surface area contributed by atoms with Gasteiger partial charge < -0.3 is 14.7 Å². The van der Waals surface area contributed by atoms with E-state index < -0.39 is 0 Å². The summed E-state index contributed by atoms with van der Waals surface area (Å²) in [6.07, 6.45) is 0. The van der Waals surface area contributed by atoms with Gasteiger partial charge in [-0.15, -0.1) is 0 Å². The summed E-state index contributed by atoms with van der Waals surface area (Å²) in [4.78, 5) is 0. The second kappa shape index (κ2) is 3.20. The Labute approximate surface area is 87.2 Å². The van der Waals surface area contributed by atoms with E-state index in [2.05, 4.69) is 25.6 Å². The summed E-state index contributed by atoms with van der Waals surface area (Å²) in [7, 11) is 0. The van der Waals surface area contributed by atoms with E-state index >= 15 is 0 Å². The fourth-order valence-corrected chi connectivity index (χ4v) is 1.33. The zero-order valence-electron chi connectivity index (χ0n) is 6.82. The maximum Gasteiger partial charge on any atom is 0.240 e. The predicted octanol–water partition coefficient (Wildman–Crippen LogP) is 2.15. The number of halogens is 1. The Hall–Kier alpha value is -1.74. The van der Waals surface area contributed by atoms with Crippen molar-refractivity contribution in [2.24, 2.45) is 0 Å². The van der Waals surface area contributed by atoms with Crippen molar-refractivity contribution < 1.29 is 8.94 Å². The van der Waals surface area contributed by atoms with Crippen molar-refractivity contribution in [3.05, 3.63) is 22.4 Å². The quantitative estimate of drug-likeness (QED) is 0.841. The van der Waals surface area contributed by atoms with Crippen molar-refractivity contribution in [3.8, 4) is 17.5 Å². The highest BCUT2D eigenvalue weighted by atomic mass is 79.9. The van der Waals surface area contributed by atoms with Crippen LogP contribution in [-0.4, -0.2) is 5.16 Å². The van der Waals surface area contributed by atoms with Crippen LogP contribution in [0.3, 0.4) is 0 Å². The lowest BCUT2D eigenvalue weighted by Gasteiger charge is -1.87. The van der Waals surface area contributed by atoms with E-state index in [4.69, 9.17) is 15.4 Å². The van der Waals surface area contributed by atoms with Crippen LogP contribution < -0.4 is 5.73 Å². The highest BCUT2D eigenvalue weighted by Gasteiger charge is 2.17. The number of nitrogens with two attached hydrogens (primary N) is 1. The first kappa shape index (κ1) is 8.84. The van der Waals surface area contributed by atoms with Gasteiger partial charge in [0.05, 0.1) is 0 Å². The summed E-state index contributed by atoms with van der Waals surface area (Å²) in [6.45, 7) is 0. The van der Waals surface area contributed by atoms with E-state index in [9.17, 15) is 0 Å². The van der Waals surface area contributed by atoms with Gasteiger partial charge in [-0.1, -0.05) is 5.16 Å². The molecule has 0 radical (unpaired) electrons. The molecule has 6 heteroatoms. The zero-order chi connectivity index (χ0) is 10.1. The minimum absolute atomic E-state index is 0.00461. The average Bonchev–Trinajstić information content (AvgIpc) is 2.71. The number of nitrogens with zero attached hydrogens (tertiary/aromatic N) is 2. The smallest absolute Gasteiger partial charge is 0.240 e. The van der Waals surface area contributed by atoms with Crippen LogP contribution >= 0.6 is 15.9 Å². The minimum Gasteiger partial charge on any atom is -0.448 e. The maximum atomic E-state index is 8.77. The van der Waals surface area contributed by atoms with Crippen molar-refractivity contribution in [2.45, 2.75) is 0 Å². The van der Waals surface area contributed by atoms with Crippen LogP contribution in [0.4, 0.5) is 5.88 Å². The van der Waals surface area contributed by atoms with Crippen LogP contribution in [0, 0.1) is 11.3 Å². The zero-order valence-corrected chi connectivity index (χ0v) is 8.41. The molecule has 0 saturated carbocycles. The van der Waals surface area contributed by atoms with E-state index in [1.165, 1.54) is 0 Å². The van der Waals surface area contributed by atoms with Crippen molar-refractivity contribution in [1.29, 1.82) is 5.26 Å². The molecule has 0 bridgehead atoms. The SMILES string of the molecule is N#Cc1c(-c2ccc(Br)o2)noc1N. The molecule has 0 amide bonds. The summed E-state index contributed by atoms with van der Waals surface area (Å²) in [5.41, 5.74) is 5.89. The second-order valence-corrected chi connectivity index (χ2v) is 3.27. The van der Waals surface area contributed by atoms with E-state index in [0.29, 0.717) is 16.1 Å². The van der Waals surface area contributed by atoms with E-state index in [1.807, 2.05) is 6.07 Å². The van der Waals surface area contributed by atoms with Gasteiger partial charge in [0.2, 0.25) is 5.88 Å². The van der Waals surface area contributed by atoms with Gasteiger partial charge >= 0.3 is 0 Å². The standard InChI is InChI=1S/C8H4BrN3O2/c9-6-2-1-5(13-6)7-4(3-10)8(11)14-12-7/h1-2H,11H2. The fourth-order valence-electron chi connectivity index (χ4n) is 1.02. The lowest BCUT2D eigenvalue weighted by Crippen LogP contribution is -1.85. The number of rotatable bonds is 1. The van der Waals surface area contributed by atoms with E-state index in [-0.39, 0.29) is 11.4 Å². The Morgan fingerprint density at radius 2 is 2.29 bits per heavy atom. The molecule has 5 nitrogen and oxygen atoms in total. The molecule has 0 spiro atoms. The summed E-state index contributed by atoms with van der Waals surface area (Å²) >= 11 is 3.14. The van der Waals surface area contributed by atoms with Gasteiger partial charge in [-0.25, -0.2) is 0 Å². The van der Waals surface area contributed by atoms with Crippen molar-refractivity contribution in [3.63, 3.8) is 0 Å². The Balaban J connectivity index is 2.58. The molecule has 0 saturated heterocycles. The highest BCUT2D eigenvalue weighted by Crippen LogP contribution is 2.29. The molecule has 2 heterocycles. The molecule has 14 heavy (non-hydrogen) atoms. The minimum atomic E-state index is -0.00461. The second-order valence-electron chi connectivity index (χ2n) is 2.49. The van der Waals surface area contributed by atoms with Gasteiger partial charge in [-0.2, -0.15) is 5.26 Å². The van der Waals surface area contributed by atoms with Crippen molar-refractivity contribution in [1.82, 2.24) is 5.16 Å². The molecule has 2 N–H and O–H groups in total. The topological polar surface area (TPSA) is 89.0 Å². The summed E-state index contributed by atoms with van der Waals surface area (Å²) in [5.74, 6) is 0.434. The van der Waals surface area contributed by atoms with Crippen molar-refractivity contribution in [2.75, 3.05) is 5.73 Å². The van der Waals surface area contributed by atoms with Gasteiger partial charge in [0, 0.05) is 0 Å². The van der Waals surface area contributed by atoms with Crippen LogP contribution in [0.25, 0.3) is 11.5 Å². The molecule has 0 aromatic carbocycles. The molecular formula is C8H4BrN3O2. The normalized spacial score (nSPS) is 10.0. The molecule has 2 rings (SSSR count). The molecule has 2 aromatic rings. The number of anilines is 1. The Bertz CT molecular complexity index is 509. The highest BCUT2D eigenvalue weighted by molar-refractivity contribution is 9.10. The van der Waals surface area contributed by atoms with Gasteiger partial charge in [0.25, 0.3) is 0 Å². The van der Waals surface area contributed by atoms with Crippen LogP contribution in [0.1, 0.15) is 5.56 Å². The molecule has 0 unspecified atom stereocenters. The molecule has 0 fully saturated rings. The summed E-state index contributed by atoms with van der Waals surface area (Å²) < 4.78 is 10.4. The van der Waals surface area contributed by atoms with E-state index in [1.54, 1.807) is 12.1 Å². The van der Waals surface area contributed by atoms with Gasteiger partial charge in [-0.05, 0) is 28.1 Å². The number of hydrogen-bond donors (Lipinski definition) is 1. The lowest BCUT2D eigenvalue weighted by molar-refractivity contribution is 0.435. The van der Waals surface area contributed by atoms with Crippen LogP contribution in [0.2, 0.25) is 0 Å². The molecule has 0 atom stereocenters. The first-order valence-corrected chi connectivity index (χ1v) is 4.42. The summed E-state index contributed by atoms with van der Waals surface area (Å²) in [6, 6.07) is 5.26. The Morgan fingerprint density at radius 3 is 2.86 bits per heavy atom. The Kier molecular flexibility index (Phi) is 2.02. The molecule has 0 aliphatic heterocycles. The summed E-state index contributed by atoms with van der Waals surface area (Å²) in [5, 5.41) is 12.4. The van der Waals surface area contributed by atoms with Crippen LogP contribution in [0.5, 0.6) is 0 Å². The number of hydrogen-bond acceptors (Lipinski definition) is 5. The first-order chi connectivity index (χ1) is 6.72. The van der Waals surface area contributed by atoms with Gasteiger partial charge in [0.15, 0.2) is 16.1 Å². The van der Waals surface area contributed by atoms with Crippen LogP contribution in [-0.2, 0) is 0 Å². The number of nitriles is 1. The lowest BCUT2D eigenvalue weighted by atomic mass is 10.2. The predicted molar refractivity (Wildman–Crippen MR) is 51.0 cm³/mol. The van der Waals surface area contributed by atoms with Crippen molar-refractivity contribution >= 4 is 21.8 Å². The molecule has 70 valence electrons. The van der Waals surface area contributed by atoms with E-state index in [0.717, 1.165) is 0 Å². The maximum absolute atomic E-state index is 8.77. The monoisotopic (exact) mass is 253 g/mol. The number of furan rings is 1. The van der Waals surface area contributed by atoms with Gasteiger partial charge in [-0.3, -0.25) is 0 Å². The molecular weight excluding hydrogens is 250 g/mol. The third kappa shape index (κ3) is 1.28. The van der Waals surface area contributed by atoms with Gasteiger partial charge in [0.1, 0.15) is 11.6 Å². The Morgan fingerprint density at radius 1 is 1.50 bits per heavy atom. The van der Waals surface area contributed by atoms with Crippen LogP contribution in [0.15, 0.2) is 25.7 Å². The first-order valence-electron chi connectivity index (χ1n) is 3.63. The average molecular weight is 254 g/mol. The molecule has 2 aromatic heterocycles.